The smallest absolute Gasteiger partial charge is 0.384 e. The summed E-state index contributed by atoms with van der Waals surface area (Å²) >= 11 is 0. The normalized spacial score (nSPS) is 30.3. The minimum Gasteiger partial charge on any atom is -0.384 e. The molecule has 0 saturated carbocycles. The molecule has 2 rings (SSSR count). The van der Waals surface area contributed by atoms with Crippen molar-refractivity contribution in [2.75, 3.05) is 6.61 Å². The minimum atomic E-state index is -5.74. The molecule has 17 nitrogen and oxygen atoms in total. The monoisotopic (exact) mass is 507 g/mol. The Labute approximate surface area is 171 Å². The van der Waals surface area contributed by atoms with Gasteiger partial charge < -0.3 is 29.4 Å². The number of nitrogens with zero attached hydrogens (tertiary/aromatic N) is 2. The third-order valence-electron chi connectivity index (χ3n) is 3.85. The second-order valence-corrected chi connectivity index (χ2v) is 10.8. The second kappa shape index (κ2) is 8.45. The van der Waals surface area contributed by atoms with E-state index in [1.54, 1.807) is 6.07 Å². The van der Waals surface area contributed by atoms with E-state index in [2.05, 4.69) is 13.1 Å². The van der Waals surface area contributed by atoms with E-state index in [0.29, 0.717) is 4.57 Å². The summed E-state index contributed by atoms with van der Waals surface area (Å²) in [6.45, 7) is 0.139. The van der Waals surface area contributed by atoms with Gasteiger partial charge in [-0.2, -0.15) is 13.9 Å². The molecule has 1 aliphatic rings. The van der Waals surface area contributed by atoms with Gasteiger partial charge in [0.05, 0.1) is 12.7 Å². The van der Waals surface area contributed by atoms with Crippen molar-refractivity contribution in [3.63, 3.8) is 0 Å². The number of phosphoric ester groups is 1. The Kier molecular flexibility index (Phi) is 7.02. The van der Waals surface area contributed by atoms with Crippen LogP contribution in [-0.4, -0.2) is 52.5 Å². The first-order valence-electron chi connectivity index (χ1n) is 7.84. The molecule has 2 heterocycles. The van der Waals surface area contributed by atoms with E-state index in [0.717, 1.165) is 19.2 Å². The van der Waals surface area contributed by atoms with E-state index in [1.165, 1.54) is 0 Å². The van der Waals surface area contributed by atoms with Gasteiger partial charge in [-0.15, -0.1) is 0 Å². The molecular weight excluding hydrogens is 491 g/mol. The van der Waals surface area contributed by atoms with Gasteiger partial charge in [-0.25, -0.2) is 18.5 Å². The van der Waals surface area contributed by atoms with Crippen LogP contribution in [0.2, 0.25) is 0 Å². The molecule has 6 N–H and O–H groups in total. The average molecular weight is 507 g/mol. The Morgan fingerprint density at radius 3 is 2.39 bits per heavy atom. The number of aromatic amines is 1. The van der Waals surface area contributed by atoms with Crippen molar-refractivity contribution in [2.45, 2.75) is 30.8 Å². The maximum Gasteiger partial charge on any atom is 0.490 e. The van der Waals surface area contributed by atoms with Gasteiger partial charge in [0.2, 0.25) is 0 Å². The molecule has 1 aliphatic heterocycles. The van der Waals surface area contributed by atoms with Crippen molar-refractivity contribution in [3.8, 4) is 6.07 Å². The lowest BCUT2D eigenvalue weighted by Crippen LogP contribution is -2.54. The van der Waals surface area contributed by atoms with Crippen molar-refractivity contribution in [3.05, 3.63) is 33.1 Å². The third-order valence-corrected chi connectivity index (χ3v) is 7.65. The first-order chi connectivity index (χ1) is 13.9. The third kappa shape index (κ3) is 6.05. The predicted molar refractivity (Wildman–Crippen MR) is 94.8 cm³/mol. The maximum absolute atomic E-state index is 12.1. The zero-order chi connectivity index (χ0) is 23.9. The number of nitrogens with one attached hydrogen (secondary N) is 1. The molecule has 5 unspecified atom stereocenters. The number of H-pyrrole nitrogens is 1. The minimum absolute atomic E-state index is 0.470. The molecule has 1 aromatic heterocycles. The summed E-state index contributed by atoms with van der Waals surface area (Å²) in [6.07, 6.45) is -0.968. The van der Waals surface area contributed by atoms with Crippen LogP contribution in [0.4, 0.5) is 0 Å². The lowest BCUT2D eigenvalue weighted by molar-refractivity contribution is -0.145. The molecule has 0 amide bonds. The lowest BCUT2D eigenvalue weighted by atomic mass is 9.91. The summed E-state index contributed by atoms with van der Waals surface area (Å²) in [6, 6.07) is 2.47. The van der Waals surface area contributed by atoms with E-state index in [4.69, 9.17) is 19.4 Å². The Balaban J connectivity index is 2.20. The van der Waals surface area contributed by atoms with Crippen LogP contribution in [0.1, 0.15) is 13.3 Å². The number of aromatic nitrogens is 2. The highest BCUT2D eigenvalue weighted by atomic mass is 31.3. The number of nitriles is 1. The fourth-order valence-corrected chi connectivity index (χ4v) is 5.80. The van der Waals surface area contributed by atoms with Gasteiger partial charge in [-0.3, -0.25) is 18.9 Å². The number of rotatable bonds is 8. The molecule has 20 heteroatoms. The quantitative estimate of drug-likeness (QED) is 0.221. The summed E-state index contributed by atoms with van der Waals surface area (Å²) in [5.41, 5.74) is -6.41. The van der Waals surface area contributed by atoms with Crippen LogP contribution < -0.4 is 11.2 Å². The van der Waals surface area contributed by atoms with Crippen LogP contribution in [-0.2, 0) is 37.3 Å². The first kappa shape index (κ1) is 25.8. The van der Waals surface area contributed by atoms with Crippen molar-refractivity contribution in [1.29, 1.82) is 5.26 Å². The number of hydrogen-bond donors (Lipinski definition) is 6. The molecule has 174 valence electrons. The molecule has 0 spiro atoms. The fourth-order valence-electron chi connectivity index (χ4n) is 2.75. The fraction of sp³-hybridized carbons (Fsp3) is 0.545. The van der Waals surface area contributed by atoms with Crippen molar-refractivity contribution in [2.24, 2.45) is 0 Å². The lowest BCUT2D eigenvalue weighted by Gasteiger charge is -2.33. The van der Waals surface area contributed by atoms with Crippen LogP contribution >= 0.6 is 23.5 Å². The summed E-state index contributed by atoms with van der Waals surface area (Å²) in [5, 5.41) is 20.2. The first-order valence-corrected chi connectivity index (χ1v) is 12.4. The van der Waals surface area contributed by atoms with Crippen LogP contribution in [0.3, 0.4) is 0 Å². The Morgan fingerprint density at radius 2 is 1.87 bits per heavy atom. The largest absolute Gasteiger partial charge is 0.490 e. The van der Waals surface area contributed by atoms with Gasteiger partial charge in [0.1, 0.15) is 11.7 Å². The maximum atomic E-state index is 12.1. The van der Waals surface area contributed by atoms with E-state index < -0.39 is 65.2 Å². The molecule has 1 aromatic rings. The highest BCUT2D eigenvalue weighted by molar-refractivity contribution is 7.66. The van der Waals surface area contributed by atoms with E-state index in [9.17, 15) is 38.5 Å². The Hall–Kier alpha value is -1.50. The molecule has 5 atom stereocenters. The molecule has 1 fully saturated rings. The highest BCUT2D eigenvalue weighted by Gasteiger charge is 2.59. The summed E-state index contributed by atoms with van der Waals surface area (Å²) < 4.78 is 51.2. The zero-order valence-electron chi connectivity index (χ0n) is 15.3. The summed E-state index contributed by atoms with van der Waals surface area (Å²) in [5.74, 6) is 0. The predicted octanol–water partition coefficient (Wildman–Crippen LogP) is -1.40. The highest BCUT2D eigenvalue weighted by Crippen LogP contribution is 2.66. The summed E-state index contributed by atoms with van der Waals surface area (Å²) in [7, 11) is -16.8. The van der Waals surface area contributed by atoms with Crippen molar-refractivity contribution >= 4 is 23.5 Å². The Morgan fingerprint density at radius 1 is 1.26 bits per heavy atom. The molecule has 0 bridgehead atoms. The SMILES string of the molecule is CC1(O)CC(COP(=O)(O)OP(=O)(O)OP(=O)(O)O)OC1(C#N)n1ccc(=O)[nH]c1=O. The average Bonchev–Trinajstić information content (AvgIpc) is 2.80. The summed E-state index contributed by atoms with van der Waals surface area (Å²) in [4.78, 5) is 60.7. The van der Waals surface area contributed by atoms with E-state index in [-0.39, 0.29) is 0 Å². The van der Waals surface area contributed by atoms with Gasteiger partial charge in [-0.05, 0) is 6.92 Å². The van der Waals surface area contributed by atoms with Gasteiger partial charge in [0.25, 0.3) is 11.3 Å². The zero-order valence-corrected chi connectivity index (χ0v) is 18.0. The second-order valence-electron chi connectivity index (χ2n) is 6.34. The van der Waals surface area contributed by atoms with Crippen LogP contribution in [0.25, 0.3) is 0 Å². The van der Waals surface area contributed by atoms with Crippen LogP contribution in [0.15, 0.2) is 21.9 Å². The van der Waals surface area contributed by atoms with Crippen LogP contribution in [0.5, 0.6) is 0 Å². The number of hydrogen-bond acceptors (Lipinski definition) is 11. The topological polar surface area (TPSA) is 268 Å². The molecule has 0 aromatic carbocycles. The van der Waals surface area contributed by atoms with Crippen LogP contribution in [0, 0.1) is 11.3 Å². The van der Waals surface area contributed by atoms with Gasteiger partial charge in [0, 0.05) is 18.7 Å². The van der Waals surface area contributed by atoms with Crippen molar-refractivity contribution < 1.29 is 56.3 Å². The van der Waals surface area contributed by atoms with Gasteiger partial charge in [0.15, 0.2) is 0 Å². The van der Waals surface area contributed by atoms with E-state index >= 15 is 0 Å². The van der Waals surface area contributed by atoms with Gasteiger partial charge >= 0.3 is 29.2 Å². The Bertz CT molecular complexity index is 1150. The molecule has 31 heavy (non-hydrogen) atoms. The van der Waals surface area contributed by atoms with Gasteiger partial charge in [-0.1, -0.05) is 0 Å². The standard InChI is InChI=1S/C11H16N3O14P3/c1-10(17)4-7(5-25-30(21,22)28-31(23,24)27-29(18,19)20)26-11(10,6-12)14-3-2-8(15)13-9(14)16/h2-3,7,17H,4-5H2,1H3,(H,21,22)(H,23,24)(H,13,15,16)(H2,18,19,20). The molecule has 1 saturated heterocycles. The number of aliphatic hydroxyl groups is 1. The van der Waals surface area contributed by atoms with Crippen molar-refractivity contribution in [1.82, 2.24) is 9.55 Å². The number of ether oxygens (including phenoxy) is 1. The van der Waals surface area contributed by atoms with E-state index in [1.807, 2.05) is 4.98 Å². The molecule has 0 aliphatic carbocycles. The molecule has 0 radical (unpaired) electrons. The number of phosphoric acid groups is 3. The molecular formula is C11H16N3O14P3.